The third-order valence-corrected chi connectivity index (χ3v) is 7.26. The lowest BCUT2D eigenvalue weighted by molar-refractivity contribution is -0.189. The number of pyridine rings is 1. The first kappa shape index (κ1) is 28.0. The van der Waals surface area contributed by atoms with Gasteiger partial charge in [0.05, 0.1) is 30.5 Å². The topological polar surface area (TPSA) is 125 Å². The quantitative estimate of drug-likeness (QED) is 0.291. The van der Waals surface area contributed by atoms with E-state index in [1.54, 1.807) is 29.2 Å². The molecule has 2 aromatic heterocycles. The van der Waals surface area contributed by atoms with Crippen molar-refractivity contribution < 1.29 is 19.1 Å². The number of anilines is 1. The number of carbonyl (C=O) groups excluding carboxylic acids is 2. The van der Waals surface area contributed by atoms with Crippen LogP contribution in [-0.2, 0) is 20.7 Å². The number of aromatic nitrogens is 3. The van der Waals surface area contributed by atoms with Gasteiger partial charge in [0.2, 0.25) is 0 Å². The van der Waals surface area contributed by atoms with Gasteiger partial charge in [-0.25, -0.2) is 9.97 Å². The van der Waals surface area contributed by atoms with Crippen LogP contribution in [-0.4, -0.2) is 64.5 Å². The number of hydrogen-bond acceptors (Lipinski definition) is 7. The summed E-state index contributed by atoms with van der Waals surface area (Å²) in [5, 5.41) is 2.95. The SMILES string of the molecule is CCN(CC)c1ccc(-c2cn(-c3ncccc3C(=O)NC(Cc3ccccc3)C3(C(N)=O)OCCO3)cn2)cc1. The number of nitrogens with zero attached hydrogens (tertiary/aromatic N) is 4. The molecule has 3 N–H and O–H groups in total. The summed E-state index contributed by atoms with van der Waals surface area (Å²) in [4.78, 5) is 37.7. The first-order valence-corrected chi connectivity index (χ1v) is 13.7. The lowest BCUT2D eigenvalue weighted by Crippen LogP contribution is -2.61. The summed E-state index contributed by atoms with van der Waals surface area (Å²) < 4.78 is 13.2. The number of benzene rings is 2. The van der Waals surface area contributed by atoms with Gasteiger partial charge in [0.1, 0.15) is 6.33 Å². The minimum Gasteiger partial charge on any atom is -0.372 e. The van der Waals surface area contributed by atoms with E-state index in [1.165, 1.54) is 0 Å². The molecule has 41 heavy (non-hydrogen) atoms. The average molecular weight is 555 g/mol. The Kier molecular flexibility index (Phi) is 8.42. The predicted molar refractivity (Wildman–Crippen MR) is 156 cm³/mol. The van der Waals surface area contributed by atoms with E-state index in [0.717, 1.165) is 35.6 Å². The van der Waals surface area contributed by atoms with E-state index in [1.807, 2.05) is 48.7 Å². The zero-order chi connectivity index (χ0) is 28.8. The smallest absolute Gasteiger partial charge is 0.280 e. The molecule has 1 aliphatic rings. The van der Waals surface area contributed by atoms with Crippen molar-refractivity contribution in [3.63, 3.8) is 0 Å². The number of rotatable bonds is 11. The molecular weight excluding hydrogens is 520 g/mol. The molecule has 0 aliphatic carbocycles. The Morgan fingerprint density at radius 3 is 2.37 bits per heavy atom. The van der Waals surface area contributed by atoms with Gasteiger partial charge < -0.3 is 25.4 Å². The van der Waals surface area contributed by atoms with Crippen LogP contribution in [0.4, 0.5) is 5.69 Å². The maximum Gasteiger partial charge on any atom is 0.280 e. The lowest BCUT2D eigenvalue weighted by atomic mass is 9.97. The van der Waals surface area contributed by atoms with Gasteiger partial charge in [0.15, 0.2) is 5.82 Å². The van der Waals surface area contributed by atoms with E-state index in [4.69, 9.17) is 15.2 Å². The third-order valence-electron chi connectivity index (χ3n) is 7.26. The number of amides is 2. The first-order chi connectivity index (χ1) is 19.9. The Labute approximate surface area is 239 Å². The summed E-state index contributed by atoms with van der Waals surface area (Å²) in [7, 11) is 0. The summed E-state index contributed by atoms with van der Waals surface area (Å²) in [5.41, 5.74) is 9.78. The molecule has 4 aromatic rings. The fourth-order valence-corrected chi connectivity index (χ4v) is 5.11. The molecule has 1 saturated heterocycles. The van der Waals surface area contributed by atoms with Crippen LogP contribution in [0.15, 0.2) is 85.5 Å². The van der Waals surface area contributed by atoms with Crippen LogP contribution in [0, 0.1) is 0 Å². The molecule has 3 heterocycles. The molecule has 1 aliphatic heterocycles. The lowest BCUT2D eigenvalue weighted by Gasteiger charge is -2.33. The Bertz CT molecular complexity index is 1480. The second kappa shape index (κ2) is 12.3. The normalized spacial score (nSPS) is 14.9. The van der Waals surface area contributed by atoms with E-state index in [2.05, 4.69) is 46.2 Å². The molecule has 1 unspecified atom stereocenters. The molecule has 212 valence electrons. The molecule has 2 aromatic carbocycles. The second-order valence-corrected chi connectivity index (χ2v) is 9.70. The molecule has 5 rings (SSSR count). The summed E-state index contributed by atoms with van der Waals surface area (Å²) >= 11 is 0. The number of nitrogens with two attached hydrogens (primary N) is 1. The molecular formula is C31H34N6O4. The van der Waals surface area contributed by atoms with Crippen molar-refractivity contribution in [2.24, 2.45) is 5.73 Å². The fourth-order valence-electron chi connectivity index (χ4n) is 5.11. The highest BCUT2D eigenvalue weighted by Gasteiger charge is 2.51. The Balaban J connectivity index is 1.42. The van der Waals surface area contributed by atoms with Gasteiger partial charge in [-0.05, 0) is 50.1 Å². The van der Waals surface area contributed by atoms with Crippen molar-refractivity contribution in [1.29, 1.82) is 0 Å². The van der Waals surface area contributed by atoms with Gasteiger partial charge >= 0.3 is 0 Å². The van der Waals surface area contributed by atoms with Crippen molar-refractivity contribution in [1.82, 2.24) is 19.9 Å². The second-order valence-electron chi connectivity index (χ2n) is 9.70. The van der Waals surface area contributed by atoms with Gasteiger partial charge in [-0.1, -0.05) is 42.5 Å². The fraction of sp³-hybridized carbons (Fsp3) is 0.290. The highest BCUT2D eigenvalue weighted by molar-refractivity contribution is 5.98. The van der Waals surface area contributed by atoms with Crippen LogP contribution in [0.3, 0.4) is 0 Å². The monoisotopic (exact) mass is 554 g/mol. The minimum atomic E-state index is -1.78. The molecule has 0 spiro atoms. The maximum atomic E-state index is 13.7. The van der Waals surface area contributed by atoms with Crippen molar-refractivity contribution >= 4 is 17.5 Å². The maximum absolute atomic E-state index is 13.7. The third kappa shape index (κ3) is 5.84. The molecule has 1 atom stereocenters. The highest BCUT2D eigenvalue weighted by Crippen LogP contribution is 2.27. The molecule has 10 heteroatoms. The molecule has 0 bridgehead atoms. The first-order valence-electron chi connectivity index (χ1n) is 13.7. The standard InChI is InChI=1S/C31H34N6O4/c1-3-36(4-2)24-14-12-23(13-15-24)26-20-37(21-34-26)28-25(11-8-16-33-28)29(38)35-27(19-22-9-6-5-7-10-22)31(30(32)39)40-17-18-41-31/h5-16,20-21,27H,3-4,17-19H2,1-2H3,(H2,32,39)(H,35,38). The summed E-state index contributed by atoms with van der Waals surface area (Å²) in [6.07, 6.45) is 5.34. The number of hydrogen-bond donors (Lipinski definition) is 2. The number of nitrogens with one attached hydrogen (secondary N) is 1. The van der Waals surface area contributed by atoms with Gasteiger partial charge in [0.25, 0.3) is 17.6 Å². The highest BCUT2D eigenvalue weighted by atomic mass is 16.7. The molecule has 1 fully saturated rings. The van der Waals surface area contributed by atoms with E-state index in [-0.39, 0.29) is 19.6 Å². The van der Waals surface area contributed by atoms with Crippen molar-refractivity contribution in [2.45, 2.75) is 32.1 Å². The van der Waals surface area contributed by atoms with Gasteiger partial charge in [0, 0.05) is 36.7 Å². The number of primary amides is 1. The minimum absolute atomic E-state index is 0.190. The van der Waals surface area contributed by atoms with Crippen LogP contribution < -0.4 is 16.0 Å². The molecule has 2 amide bonds. The van der Waals surface area contributed by atoms with E-state index in [9.17, 15) is 9.59 Å². The van der Waals surface area contributed by atoms with Crippen LogP contribution in [0.1, 0.15) is 29.8 Å². The molecule has 0 saturated carbocycles. The summed E-state index contributed by atoms with van der Waals surface area (Å²) in [6, 6.07) is 20.2. The van der Waals surface area contributed by atoms with E-state index >= 15 is 0 Å². The largest absolute Gasteiger partial charge is 0.372 e. The van der Waals surface area contributed by atoms with E-state index in [0.29, 0.717) is 11.4 Å². The Hall–Kier alpha value is -4.54. The zero-order valence-electron chi connectivity index (χ0n) is 23.2. The number of carbonyl (C=O) groups is 2. The van der Waals surface area contributed by atoms with Gasteiger partial charge in [-0.2, -0.15) is 0 Å². The van der Waals surface area contributed by atoms with Crippen LogP contribution >= 0.6 is 0 Å². The van der Waals surface area contributed by atoms with Gasteiger partial charge in [-0.15, -0.1) is 0 Å². The molecule has 10 nitrogen and oxygen atoms in total. The number of imidazole rings is 1. The van der Waals surface area contributed by atoms with Crippen LogP contribution in [0.2, 0.25) is 0 Å². The van der Waals surface area contributed by atoms with Crippen molar-refractivity contribution in [2.75, 3.05) is 31.2 Å². The zero-order valence-corrected chi connectivity index (χ0v) is 23.2. The van der Waals surface area contributed by atoms with Crippen LogP contribution in [0.5, 0.6) is 0 Å². The van der Waals surface area contributed by atoms with E-state index < -0.39 is 23.6 Å². The van der Waals surface area contributed by atoms with Crippen LogP contribution in [0.25, 0.3) is 17.1 Å². The predicted octanol–water partition coefficient (Wildman–Crippen LogP) is 3.35. The Morgan fingerprint density at radius 1 is 1.00 bits per heavy atom. The average Bonchev–Trinajstić information content (AvgIpc) is 3.70. The summed E-state index contributed by atoms with van der Waals surface area (Å²) in [6.45, 7) is 6.50. The Morgan fingerprint density at radius 2 is 1.71 bits per heavy atom. The number of ether oxygens (including phenoxy) is 2. The van der Waals surface area contributed by atoms with Gasteiger partial charge in [-0.3, -0.25) is 14.2 Å². The van der Waals surface area contributed by atoms with Crippen molar-refractivity contribution in [3.8, 4) is 17.1 Å². The molecule has 0 radical (unpaired) electrons. The van der Waals surface area contributed by atoms with Crippen molar-refractivity contribution in [3.05, 3.63) is 96.6 Å². The summed E-state index contributed by atoms with van der Waals surface area (Å²) in [5.74, 6) is -2.64.